The third kappa shape index (κ3) is 8.37. The number of hydrogen-bond donors (Lipinski definition) is 4. The fraction of sp³-hybridized carbons (Fsp3) is 0.400. The zero-order valence-corrected chi connectivity index (χ0v) is 13.6. The van der Waals surface area contributed by atoms with Crippen LogP contribution in [-0.4, -0.2) is 46.5 Å². The molecular weight excluding hydrogens is 339 g/mol. The summed E-state index contributed by atoms with van der Waals surface area (Å²) >= 11 is 1.49. The maximum atomic E-state index is 13.0. The van der Waals surface area contributed by atoms with E-state index in [1.165, 1.54) is 23.9 Å². The van der Waals surface area contributed by atoms with Gasteiger partial charge in [-0.15, -0.1) is 0 Å². The summed E-state index contributed by atoms with van der Waals surface area (Å²) in [5.41, 5.74) is 0.837. The molecule has 0 heterocycles. The van der Waals surface area contributed by atoms with Crippen LogP contribution in [-0.2, 0) is 15.3 Å². The van der Waals surface area contributed by atoms with E-state index in [0.717, 1.165) is 5.56 Å². The Morgan fingerprint density at radius 3 is 2.62 bits per heavy atom. The van der Waals surface area contributed by atoms with Gasteiger partial charge in [-0.2, -0.15) is 11.8 Å². The Balaban J connectivity index is 2.22. The Labute approximate surface area is 142 Å². The number of benzene rings is 1. The van der Waals surface area contributed by atoms with E-state index < -0.39 is 24.0 Å². The Bertz CT molecular complexity index is 585. The Hall–Kier alpha value is -2.29. The molecule has 7 nitrogen and oxygen atoms in total. The first-order chi connectivity index (χ1) is 11.4. The molecule has 0 aliphatic heterocycles. The lowest BCUT2D eigenvalue weighted by atomic mass is 10.1. The van der Waals surface area contributed by atoms with Gasteiger partial charge in [0.05, 0.1) is 0 Å². The van der Waals surface area contributed by atoms with Gasteiger partial charge in [-0.05, 0) is 24.1 Å². The summed E-state index contributed by atoms with van der Waals surface area (Å²) in [6.45, 7) is 0.303. The first-order valence-corrected chi connectivity index (χ1v) is 8.35. The number of urea groups is 1. The lowest BCUT2D eigenvalue weighted by Crippen LogP contribution is -2.46. The quantitative estimate of drug-likeness (QED) is 0.473. The van der Waals surface area contributed by atoms with Crippen LogP contribution < -0.4 is 10.6 Å². The van der Waals surface area contributed by atoms with E-state index in [4.69, 9.17) is 10.2 Å². The van der Waals surface area contributed by atoms with Gasteiger partial charge in [-0.25, -0.2) is 14.0 Å². The molecular formula is C15H19FN2O5S. The number of rotatable bonds is 10. The number of aliphatic carboxylic acids is 2. The van der Waals surface area contributed by atoms with Gasteiger partial charge in [0.1, 0.15) is 11.9 Å². The molecule has 0 unspecified atom stereocenters. The third-order valence-electron chi connectivity index (χ3n) is 2.94. The fourth-order valence-corrected chi connectivity index (χ4v) is 2.59. The lowest BCUT2D eigenvalue weighted by molar-refractivity contribution is -0.140. The van der Waals surface area contributed by atoms with Crippen LogP contribution in [0.4, 0.5) is 9.18 Å². The monoisotopic (exact) mass is 358 g/mol. The van der Waals surface area contributed by atoms with Crippen LogP contribution in [0.15, 0.2) is 24.3 Å². The second-order valence-corrected chi connectivity index (χ2v) is 6.01. The van der Waals surface area contributed by atoms with Gasteiger partial charge in [0.2, 0.25) is 0 Å². The second-order valence-electron chi connectivity index (χ2n) is 4.91. The number of carbonyl (C=O) groups is 3. The minimum Gasteiger partial charge on any atom is -0.481 e. The van der Waals surface area contributed by atoms with Crippen molar-refractivity contribution < 1.29 is 29.0 Å². The molecule has 9 heteroatoms. The number of hydrogen-bond acceptors (Lipinski definition) is 4. The van der Waals surface area contributed by atoms with Crippen LogP contribution in [0.5, 0.6) is 0 Å². The van der Waals surface area contributed by atoms with Crippen molar-refractivity contribution in [3.8, 4) is 0 Å². The third-order valence-corrected chi connectivity index (χ3v) is 3.97. The van der Waals surface area contributed by atoms with Crippen molar-refractivity contribution in [3.05, 3.63) is 35.6 Å². The van der Waals surface area contributed by atoms with Crippen LogP contribution in [0.1, 0.15) is 18.4 Å². The first-order valence-electron chi connectivity index (χ1n) is 7.19. The number of nitrogens with one attached hydrogen (secondary N) is 2. The minimum absolute atomic E-state index is 0.188. The summed E-state index contributed by atoms with van der Waals surface area (Å²) in [4.78, 5) is 33.0. The summed E-state index contributed by atoms with van der Waals surface area (Å²) in [6.07, 6.45) is -0.535. The molecule has 0 radical (unpaired) electrons. The predicted molar refractivity (Wildman–Crippen MR) is 87.4 cm³/mol. The van der Waals surface area contributed by atoms with Crippen molar-refractivity contribution in [2.24, 2.45) is 0 Å². The number of halogens is 1. The standard InChI is InChI=1S/C15H19FN2O5S/c16-11-3-1-2-10(8-11)9-24-7-6-17-15(23)18-12(14(21)22)4-5-13(19)20/h1-3,8,12H,4-7,9H2,(H,19,20)(H,21,22)(H2,17,18,23)/t12-/m0/s1. The number of carboxylic acid groups (broad SMARTS) is 2. The second kappa shape index (κ2) is 10.5. The first kappa shape index (κ1) is 19.8. The average molecular weight is 358 g/mol. The topological polar surface area (TPSA) is 116 Å². The van der Waals surface area contributed by atoms with Gasteiger partial charge in [0.15, 0.2) is 0 Å². The Kier molecular flexibility index (Phi) is 8.63. The average Bonchev–Trinajstić information content (AvgIpc) is 2.50. The van der Waals surface area contributed by atoms with E-state index in [0.29, 0.717) is 18.1 Å². The number of thioether (sulfide) groups is 1. The Morgan fingerprint density at radius 2 is 2.00 bits per heavy atom. The fourth-order valence-electron chi connectivity index (χ4n) is 1.79. The molecule has 24 heavy (non-hydrogen) atoms. The molecule has 2 amide bonds. The summed E-state index contributed by atoms with van der Waals surface area (Å²) in [7, 11) is 0. The largest absolute Gasteiger partial charge is 0.481 e. The highest BCUT2D eigenvalue weighted by Gasteiger charge is 2.20. The number of amides is 2. The molecule has 0 bridgehead atoms. The molecule has 0 saturated heterocycles. The summed E-state index contributed by atoms with van der Waals surface area (Å²) < 4.78 is 13.0. The SMILES string of the molecule is O=C(O)CC[C@H](NC(=O)NCCSCc1cccc(F)c1)C(=O)O. The highest BCUT2D eigenvalue weighted by atomic mass is 32.2. The molecule has 0 spiro atoms. The highest BCUT2D eigenvalue weighted by molar-refractivity contribution is 7.98. The van der Waals surface area contributed by atoms with Crippen LogP contribution in [0, 0.1) is 5.82 Å². The maximum absolute atomic E-state index is 13.0. The van der Waals surface area contributed by atoms with Gasteiger partial charge < -0.3 is 20.8 Å². The van der Waals surface area contributed by atoms with Crippen molar-refractivity contribution in [1.82, 2.24) is 10.6 Å². The molecule has 1 aromatic rings. The van der Waals surface area contributed by atoms with Gasteiger partial charge >= 0.3 is 18.0 Å². The maximum Gasteiger partial charge on any atom is 0.326 e. The summed E-state index contributed by atoms with van der Waals surface area (Å²) in [6, 6.07) is 4.31. The minimum atomic E-state index is -1.29. The van der Waals surface area contributed by atoms with Crippen LogP contribution >= 0.6 is 11.8 Å². The molecule has 0 aromatic heterocycles. The Morgan fingerprint density at radius 1 is 1.25 bits per heavy atom. The van der Waals surface area contributed by atoms with E-state index in [9.17, 15) is 18.8 Å². The normalized spacial score (nSPS) is 11.5. The number of carbonyl (C=O) groups excluding carboxylic acids is 1. The molecule has 1 atom stereocenters. The van der Waals surface area contributed by atoms with Crippen molar-refractivity contribution in [2.45, 2.75) is 24.6 Å². The molecule has 0 aliphatic rings. The van der Waals surface area contributed by atoms with Crippen molar-refractivity contribution in [1.29, 1.82) is 0 Å². The van der Waals surface area contributed by atoms with Crippen molar-refractivity contribution >= 4 is 29.7 Å². The van der Waals surface area contributed by atoms with Gasteiger partial charge in [-0.3, -0.25) is 4.79 Å². The molecule has 0 aliphatic carbocycles. The lowest BCUT2D eigenvalue weighted by Gasteiger charge is -2.14. The summed E-state index contributed by atoms with van der Waals surface area (Å²) in [5, 5.41) is 22.2. The van der Waals surface area contributed by atoms with Crippen LogP contribution in [0.2, 0.25) is 0 Å². The van der Waals surface area contributed by atoms with Gasteiger partial charge in [-0.1, -0.05) is 12.1 Å². The smallest absolute Gasteiger partial charge is 0.326 e. The predicted octanol–water partition coefficient (Wildman–Crippen LogP) is 1.68. The van der Waals surface area contributed by atoms with E-state index in [1.807, 2.05) is 0 Å². The number of carboxylic acids is 2. The molecule has 0 saturated carbocycles. The van der Waals surface area contributed by atoms with Crippen molar-refractivity contribution in [3.63, 3.8) is 0 Å². The molecule has 132 valence electrons. The van der Waals surface area contributed by atoms with E-state index in [1.54, 1.807) is 12.1 Å². The molecule has 4 N–H and O–H groups in total. The highest BCUT2D eigenvalue weighted by Crippen LogP contribution is 2.12. The molecule has 1 rings (SSSR count). The van der Waals surface area contributed by atoms with Gasteiger partial charge in [0.25, 0.3) is 0 Å². The van der Waals surface area contributed by atoms with Crippen LogP contribution in [0.3, 0.4) is 0 Å². The van der Waals surface area contributed by atoms with Crippen molar-refractivity contribution in [2.75, 3.05) is 12.3 Å². The molecule has 0 fully saturated rings. The molecule has 1 aromatic carbocycles. The van der Waals surface area contributed by atoms with Gasteiger partial charge in [0, 0.05) is 24.5 Å². The summed E-state index contributed by atoms with van der Waals surface area (Å²) in [5.74, 6) is -1.55. The van der Waals surface area contributed by atoms with Crippen LogP contribution in [0.25, 0.3) is 0 Å². The zero-order valence-electron chi connectivity index (χ0n) is 12.8. The van der Waals surface area contributed by atoms with E-state index >= 15 is 0 Å². The zero-order chi connectivity index (χ0) is 17.9. The van der Waals surface area contributed by atoms with E-state index in [-0.39, 0.29) is 18.7 Å². The van der Waals surface area contributed by atoms with E-state index in [2.05, 4.69) is 10.6 Å².